The van der Waals surface area contributed by atoms with Crippen LogP contribution < -0.4 is 0 Å². The summed E-state index contributed by atoms with van der Waals surface area (Å²) in [5.74, 6) is 1.11. The van der Waals surface area contributed by atoms with Crippen LogP contribution in [0.25, 0.3) is 54.1 Å². The van der Waals surface area contributed by atoms with Crippen molar-refractivity contribution in [3.63, 3.8) is 0 Å². The molecule has 45 heavy (non-hydrogen) atoms. The van der Waals surface area contributed by atoms with Crippen molar-refractivity contribution in [2.24, 2.45) is 0 Å². The lowest BCUT2D eigenvalue weighted by molar-refractivity contribution is 0.768. The molecule has 0 aliphatic heterocycles. The number of halogens is 1. The Labute approximate surface area is 269 Å². The van der Waals surface area contributed by atoms with Gasteiger partial charge >= 0.3 is 0 Å². The van der Waals surface area contributed by atoms with E-state index >= 15 is 0 Å². The fraction of sp³-hybridized carbons (Fsp3) is 0.0250. The summed E-state index contributed by atoms with van der Waals surface area (Å²) < 4.78 is 2.45. The average molecular weight is 614 g/mol. The number of hydrogen-bond acceptors (Lipinski definition) is 4. The molecule has 0 atom stereocenters. The molecule has 0 radical (unpaired) electrons. The minimum atomic E-state index is -0.504. The number of nitrogens with zero attached hydrogens (tertiary/aromatic N) is 3. The number of hydrogen-bond donors (Lipinski definition) is 0. The van der Waals surface area contributed by atoms with Gasteiger partial charge in [0.25, 0.3) is 0 Å². The summed E-state index contributed by atoms with van der Waals surface area (Å²) in [6, 6.07) is 51.7. The van der Waals surface area contributed by atoms with Crippen LogP contribution in [0.15, 0.2) is 146 Å². The molecule has 8 aromatic rings. The Bertz CT molecular complexity index is 2370. The topological polar surface area (TPSA) is 38.7 Å². The van der Waals surface area contributed by atoms with Gasteiger partial charge in [0.1, 0.15) is 0 Å². The van der Waals surface area contributed by atoms with E-state index in [2.05, 4.69) is 156 Å². The molecule has 0 saturated heterocycles. The Balaban J connectivity index is 1.22. The predicted octanol–water partition coefficient (Wildman–Crippen LogP) is 10.6. The molecule has 3 nitrogen and oxygen atoms in total. The van der Waals surface area contributed by atoms with Crippen molar-refractivity contribution in [1.82, 2.24) is 15.0 Å². The Hall–Kier alpha value is -5.16. The van der Waals surface area contributed by atoms with Crippen molar-refractivity contribution in [3.05, 3.63) is 173 Å². The Kier molecular flexibility index (Phi) is 5.95. The van der Waals surface area contributed by atoms with Crippen LogP contribution in [0, 0.1) is 0 Å². The summed E-state index contributed by atoms with van der Waals surface area (Å²) in [7, 11) is 0. The SMILES string of the molecule is Clc1nc(-c2cccc(C3(c4ccccc4)c4ccccc4-c4ccccc43)c2)nc(-c2ccc3c(c2)sc2ccccc23)n1. The van der Waals surface area contributed by atoms with Crippen molar-refractivity contribution in [2.45, 2.75) is 5.41 Å². The molecule has 9 rings (SSSR count). The zero-order valence-corrected chi connectivity index (χ0v) is 25.6. The second kappa shape index (κ2) is 10.2. The largest absolute Gasteiger partial charge is 0.226 e. The molecule has 2 aromatic heterocycles. The van der Waals surface area contributed by atoms with E-state index in [1.165, 1.54) is 48.0 Å². The van der Waals surface area contributed by atoms with Gasteiger partial charge in [-0.15, -0.1) is 11.3 Å². The van der Waals surface area contributed by atoms with Gasteiger partial charge in [-0.05, 0) is 63.2 Å². The first-order chi connectivity index (χ1) is 22.2. The van der Waals surface area contributed by atoms with Crippen molar-refractivity contribution in [1.29, 1.82) is 0 Å². The smallest absolute Gasteiger partial charge is 0.208 e. The maximum absolute atomic E-state index is 6.60. The lowest BCUT2D eigenvalue weighted by atomic mass is 9.67. The van der Waals surface area contributed by atoms with Crippen molar-refractivity contribution in [3.8, 4) is 33.9 Å². The Morgan fingerprint density at radius 3 is 1.82 bits per heavy atom. The number of benzene rings is 6. The molecule has 1 aliphatic rings. The van der Waals surface area contributed by atoms with E-state index in [1.807, 2.05) is 0 Å². The van der Waals surface area contributed by atoms with Crippen LogP contribution in [0.3, 0.4) is 0 Å². The van der Waals surface area contributed by atoms with Gasteiger partial charge in [-0.2, -0.15) is 9.97 Å². The lowest BCUT2D eigenvalue weighted by Gasteiger charge is -2.34. The number of rotatable bonds is 4. The quantitative estimate of drug-likeness (QED) is 0.198. The van der Waals surface area contributed by atoms with Crippen LogP contribution in [0.1, 0.15) is 22.3 Å². The lowest BCUT2D eigenvalue weighted by Crippen LogP contribution is -2.28. The minimum absolute atomic E-state index is 0.172. The fourth-order valence-electron chi connectivity index (χ4n) is 7.08. The molecule has 0 unspecified atom stereocenters. The maximum atomic E-state index is 6.60. The molecule has 5 heteroatoms. The molecule has 0 amide bonds. The van der Waals surface area contributed by atoms with Gasteiger partial charge in [-0.3, -0.25) is 0 Å². The van der Waals surface area contributed by atoms with E-state index in [9.17, 15) is 0 Å². The van der Waals surface area contributed by atoms with Gasteiger partial charge in [0.2, 0.25) is 5.28 Å². The van der Waals surface area contributed by atoms with Gasteiger partial charge in [0.15, 0.2) is 11.6 Å². The van der Waals surface area contributed by atoms with Gasteiger partial charge in [0.05, 0.1) is 5.41 Å². The predicted molar refractivity (Wildman–Crippen MR) is 186 cm³/mol. The van der Waals surface area contributed by atoms with E-state index in [1.54, 1.807) is 11.3 Å². The highest BCUT2D eigenvalue weighted by atomic mass is 35.5. The molecule has 0 spiro atoms. The highest BCUT2D eigenvalue weighted by Gasteiger charge is 2.45. The summed E-state index contributed by atoms with van der Waals surface area (Å²) >= 11 is 8.37. The Morgan fingerprint density at radius 2 is 1.07 bits per heavy atom. The van der Waals surface area contributed by atoms with E-state index < -0.39 is 5.41 Å². The molecule has 0 bridgehead atoms. The highest BCUT2D eigenvalue weighted by Crippen LogP contribution is 2.56. The van der Waals surface area contributed by atoms with Gasteiger partial charge in [-0.25, -0.2) is 4.98 Å². The summed E-state index contributed by atoms with van der Waals surface area (Å²) in [4.78, 5) is 14.2. The third-order valence-corrected chi connectivity index (χ3v) is 10.3. The molecule has 0 saturated carbocycles. The second-order valence-corrected chi connectivity index (χ2v) is 12.8. The van der Waals surface area contributed by atoms with E-state index in [4.69, 9.17) is 16.6 Å². The van der Waals surface area contributed by atoms with Crippen molar-refractivity contribution >= 4 is 43.1 Å². The first kappa shape index (κ1) is 26.3. The monoisotopic (exact) mass is 613 g/mol. The maximum Gasteiger partial charge on any atom is 0.226 e. The molecule has 0 N–H and O–H groups in total. The van der Waals surface area contributed by atoms with Crippen molar-refractivity contribution in [2.75, 3.05) is 0 Å². The van der Waals surface area contributed by atoms with Crippen LogP contribution in [0.5, 0.6) is 0 Å². The third kappa shape index (κ3) is 4.00. The van der Waals surface area contributed by atoms with Crippen LogP contribution in [0.4, 0.5) is 0 Å². The van der Waals surface area contributed by atoms with Gasteiger partial charge < -0.3 is 0 Å². The molecular weight excluding hydrogens is 590 g/mol. The van der Waals surface area contributed by atoms with Gasteiger partial charge in [0, 0.05) is 31.3 Å². The van der Waals surface area contributed by atoms with Crippen LogP contribution in [0.2, 0.25) is 5.28 Å². The third-order valence-electron chi connectivity index (χ3n) is 8.96. The number of aromatic nitrogens is 3. The average Bonchev–Trinajstić information content (AvgIpc) is 3.62. The van der Waals surface area contributed by atoms with Crippen molar-refractivity contribution < 1.29 is 0 Å². The highest BCUT2D eigenvalue weighted by molar-refractivity contribution is 7.25. The van der Waals surface area contributed by atoms with Crippen LogP contribution in [-0.4, -0.2) is 15.0 Å². The summed E-state index contributed by atoms with van der Waals surface area (Å²) in [6.45, 7) is 0. The zero-order valence-electron chi connectivity index (χ0n) is 24.0. The van der Waals surface area contributed by atoms with E-state index in [0.717, 1.165) is 16.7 Å². The first-order valence-electron chi connectivity index (χ1n) is 14.9. The van der Waals surface area contributed by atoms with Gasteiger partial charge in [-0.1, -0.05) is 127 Å². The summed E-state index contributed by atoms with van der Waals surface area (Å²) in [5.41, 5.74) is 8.69. The van der Waals surface area contributed by atoms with E-state index in [0.29, 0.717) is 11.6 Å². The summed E-state index contributed by atoms with van der Waals surface area (Å²) in [6.07, 6.45) is 0. The molecule has 1 aliphatic carbocycles. The molecule has 212 valence electrons. The standard InChI is InChI=1S/C40H24ClN3S/c41-39-43-37(42-38(44-39)26-21-22-32-31-17-6-9-20-35(31)45-36(32)24-26)25-11-10-14-28(23-25)40(27-12-2-1-3-13-27)33-18-7-4-15-29(33)30-16-5-8-19-34(30)40/h1-24H. The molecule has 6 aromatic carbocycles. The minimum Gasteiger partial charge on any atom is -0.208 e. The van der Waals surface area contributed by atoms with Crippen LogP contribution in [-0.2, 0) is 5.41 Å². The van der Waals surface area contributed by atoms with E-state index in [-0.39, 0.29) is 5.28 Å². The Morgan fingerprint density at radius 1 is 0.467 bits per heavy atom. The molecule has 0 fully saturated rings. The number of fused-ring (bicyclic) bond motifs is 6. The first-order valence-corrected chi connectivity index (χ1v) is 16.1. The molecular formula is C40H24ClN3S. The fourth-order valence-corrected chi connectivity index (χ4v) is 8.38. The molecule has 2 heterocycles. The van der Waals surface area contributed by atoms with Crippen LogP contribution >= 0.6 is 22.9 Å². The number of thiophene rings is 1. The normalized spacial score (nSPS) is 13.2. The zero-order chi connectivity index (χ0) is 30.0. The summed E-state index contributed by atoms with van der Waals surface area (Å²) in [5, 5.41) is 2.67. The second-order valence-electron chi connectivity index (χ2n) is 11.3.